The average molecular weight is 326 g/mol. The monoisotopic (exact) mass is 326 g/mol. The second-order valence-corrected chi connectivity index (χ2v) is 4.68. The predicted molar refractivity (Wildman–Crippen MR) is 68.0 cm³/mol. The summed E-state index contributed by atoms with van der Waals surface area (Å²) >= 11 is 0. The van der Waals surface area contributed by atoms with Crippen molar-refractivity contribution in [2.75, 3.05) is 25.1 Å². The number of rotatable bonds is 2. The number of nitrogens with zero attached hydrogens (tertiary/aromatic N) is 2. The normalized spacial score (nSPS) is 15.7. The minimum absolute atomic E-state index is 0.274. The van der Waals surface area contributed by atoms with E-state index in [9.17, 15) is 26.3 Å². The first-order valence-electron chi connectivity index (χ1n) is 6.25. The molecule has 0 saturated heterocycles. The van der Waals surface area contributed by atoms with Gasteiger partial charge in [0.25, 0.3) is 6.02 Å². The van der Waals surface area contributed by atoms with Crippen molar-refractivity contribution in [3.05, 3.63) is 29.8 Å². The summed E-state index contributed by atoms with van der Waals surface area (Å²) in [4.78, 5) is 5.46. The zero-order valence-corrected chi connectivity index (χ0v) is 11.4. The van der Waals surface area contributed by atoms with Crippen molar-refractivity contribution < 1.29 is 31.1 Å². The molecule has 0 aliphatic carbocycles. The molecule has 1 aromatic rings. The highest BCUT2D eigenvalue weighted by molar-refractivity contribution is 5.91. The van der Waals surface area contributed by atoms with E-state index < -0.39 is 23.8 Å². The number of hydrogen-bond acceptors (Lipinski definition) is 3. The molecule has 0 atom stereocenters. The SMILES string of the molecule is CN(C1=NCCO1)c1ccc(C(C(F)(F)F)C(F)(F)F)cc1. The molecule has 0 spiro atoms. The van der Waals surface area contributed by atoms with Gasteiger partial charge in [0, 0.05) is 12.7 Å². The molecule has 1 aromatic carbocycles. The van der Waals surface area contributed by atoms with Gasteiger partial charge in [-0.3, -0.25) is 4.90 Å². The third-order valence-electron chi connectivity index (χ3n) is 3.12. The molecule has 1 aliphatic rings. The van der Waals surface area contributed by atoms with E-state index in [2.05, 4.69) is 4.99 Å². The summed E-state index contributed by atoms with van der Waals surface area (Å²) in [6.07, 6.45) is -10.8. The van der Waals surface area contributed by atoms with Gasteiger partial charge in [-0.05, 0) is 17.7 Å². The Labute approximate surface area is 122 Å². The van der Waals surface area contributed by atoms with E-state index in [0.717, 1.165) is 12.1 Å². The van der Waals surface area contributed by atoms with Gasteiger partial charge in [0.15, 0.2) is 5.92 Å². The van der Waals surface area contributed by atoms with Crippen LogP contribution in [0.25, 0.3) is 0 Å². The minimum Gasteiger partial charge on any atom is -0.463 e. The average Bonchev–Trinajstić information content (AvgIpc) is 2.89. The van der Waals surface area contributed by atoms with Crippen molar-refractivity contribution >= 4 is 11.7 Å². The maximum absolute atomic E-state index is 12.6. The Balaban J connectivity index is 2.27. The van der Waals surface area contributed by atoms with E-state index in [1.54, 1.807) is 7.05 Å². The summed E-state index contributed by atoms with van der Waals surface area (Å²) in [6, 6.07) is 4.24. The molecule has 2 rings (SSSR count). The first kappa shape index (κ1) is 16.4. The van der Waals surface area contributed by atoms with Crippen LogP contribution < -0.4 is 4.90 Å². The number of benzene rings is 1. The topological polar surface area (TPSA) is 24.8 Å². The van der Waals surface area contributed by atoms with Crippen LogP contribution in [-0.4, -0.2) is 38.6 Å². The maximum atomic E-state index is 12.6. The Morgan fingerprint density at radius 1 is 1.05 bits per heavy atom. The van der Waals surface area contributed by atoms with Crippen LogP contribution in [0.3, 0.4) is 0 Å². The van der Waals surface area contributed by atoms with Gasteiger partial charge in [0.1, 0.15) is 6.61 Å². The van der Waals surface area contributed by atoms with E-state index in [-0.39, 0.29) is 6.02 Å². The highest BCUT2D eigenvalue weighted by Gasteiger charge is 2.57. The highest BCUT2D eigenvalue weighted by Crippen LogP contribution is 2.46. The summed E-state index contributed by atoms with van der Waals surface area (Å²) in [5, 5.41) is 0. The minimum atomic E-state index is -5.40. The lowest BCUT2D eigenvalue weighted by Gasteiger charge is -2.24. The molecule has 0 fully saturated rings. The third-order valence-corrected chi connectivity index (χ3v) is 3.12. The molecule has 9 heteroatoms. The van der Waals surface area contributed by atoms with Gasteiger partial charge in [-0.25, -0.2) is 4.99 Å². The van der Waals surface area contributed by atoms with Crippen LogP contribution in [0.4, 0.5) is 32.0 Å². The zero-order valence-electron chi connectivity index (χ0n) is 11.4. The predicted octanol–water partition coefficient (Wildman–Crippen LogP) is 3.72. The summed E-state index contributed by atoms with van der Waals surface area (Å²) in [5.41, 5.74) is -0.473. The van der Waals surface area contributed by atoms with Crippen molar-refractivity contribution in [2.45, 2.75) is 18.3 Å². The van der Waals surface area contributed by atoms with E-state index in [1.807, 2.05) is 0 Å². The van der Waals surface area contributed by atoms with Crippen molar-refractivity contribution in [1.82, 2.24) is 0 Å². The Bertz CT molecular complexity index is 535. The van der Waals surface area contributed by atoms with Gasteiger partial charge in [-0.2, -0.15) is 26.3 Å². The van der Waals surface area contributed by atoms with Gasteiger partial charge in [-0.15, -0.1) is 0 Å². The fraction of sp³-hybridized carbons (Fsp3) is 0.462. The van der Waals surface area contributed by atoms with E-state index in [0.29, 0.717) is 18.8 Å². The van der Waals surface area contributed by atoms with Crippen LogP contribution in [0.15, 0.2) is 29.3 Å². The van der Waals surface area contributed by atoms with Crippen LogP contribution >= 0.6 is 0 Å². The number of aliphatic imine (C=N–C) groups is 1. The van der Waals surface area contributed by atoms with Crippen LogP contribution in [0.2, 0.25) is 0 Å². The van der Waals surface area contributed by atoms with Gasteiger partial charge in [0.05, 0.1) is 6.54 Å². The molecule has 0 amide bonds. The molecular weight excluding hydrogens is 314 g/mol. The number of halogens is 6. The number of alkyl halides is 6. The summed E-state index contributed by atoms with van der Waals surface area (Å²) in [5.74, 6) is -3.50. The smallest absolute Gasteiger partial charge is 0.404 e. The first-order valence-corrected chi connectivity index (χ1v) is 6.25. The summed E-state index contributed by atoms with van der Waals surface area (Å²) in [7, 11) is 1.56. The zero-order chi connectivity index (χ0) is 16.5. The first-order chi connectivity index (χ1) is 10.1. The Morgan fingerprint density at radius 2 is 1.59 bits per heavy atom. The molecule has 22 heavy (non-hydrogen) atoms. The van der Waals surface area contributed by atoms with Gasteiger partial charge in [0.2, 0.25) is 0 Å². The molecule has 0 bridgehead atoms. The van der Waals surface area contributed by atoms with Gasteiger partial charge >= 0.3 is 12.4 Å². The molecule has 0 aromatic heterocycles. The largest absolute Gasteiger partial charge is 0.463 e. The van der Waals surface area contributed by atoms with Crippen LogP contribution in [0.5, 0.6) is 0 Å². The Hall–Kier alpha value is -1.93. The standard InChI is InChI=1S/C13H12F6N2O/c1-21(11-20-6-7-22-11)9-4-2-8(3-5-9)10(12(14,15)16)13(17,18)19/h2-5,10H,6-7H2,1H3. The lowest BCUT2D eigenvalue weighted by molar-refractivity contribution is -0.253. The summed E-state index contributed by atoms with van der Waals surface area (Å²) in [6.45, 7) is 0.851. The number of amidine groups is 1. The van der Waals surface area contributed by atoms with Gasteiger partial charge < -0.3 is 4.74 Å². The number of ether oxygens (including phenoxy) is 1. The van der Waals surface area contributed by atoms with Crippen molar-refractivity contribution in [1.29, 1.82) is 0 Å². The van der Waals surface area contributed by atoms with Crippen molar-refractivity contribution in [2.24, 2.45) is 4.99 Å². The lowest BCUT2D eigenvalue weighted by Crippen LogP contribution is -2.34. The second kappa shape index (κ2) is 5.69. The van der Waals surface area contributed by atoms with Crippen LogP contribution in [0, 0.1) is 0 Å². The van der Waals surface area contributed by atoms with Gasteiger partial charge in [-0.1, -0.05) is 12.1 Å². The van der Waals surface area contributed by atoms with E-state index in [1.165, 1.54) is 17.0 Å². The molecule has 0 N–H and O–H groups in total. The molecule has 0 radical (unpaired) electrons. The highest BCUT2D eigenvalue weighted by atomic mass is 19.4. The van der Waals surface area contributed by atoms with Crippen molar-refractivity contribution in [3.8, 4) is 0 Å². The Morgan fingerprint density at radius 3 is 2.00 bits per heavy atom. The van der Waals surface area contributed by atoms with E-state index >= 15 is 0 Å². The fourth-order valence-corrected chi connectivity index (χ4v) is 2.09. The Kier molecular flexibility index (Phi) is 4.25. The molecule has 122 valence electrons. The molecule has 1 heterocycles. The lowest BCUT2D eigenvalue weighted by atomic mass is 9.97. The second-order valence-electron chi connectivity index (χ2n) is 4.68. The van der Waals surface area contributed by atoms with Crippen molar-refractivity contribution in [3.63, 3.8) is 0 Å². The molecule has 0 saturated carbocycles. The quantitative estimate of drug-likeness (QED) is 0.774. The van der Waals surface area contributed by atoms with Crippen LogP contribution in [0.1, 0.15) is 11.5 Å². The molecular formula is C13H12F6N2O. The molecule has 0 unspecified atom stereocenters. The number of anilines is 1. The third kappa shape index (κ3) is 3.45. The molecule has 1 aliphatic heterocycles. The van der Waals surface area contributed by atoms with Crippen LogP contribution in [-0.2, 0) is 4.74 Å². The van der Waals surface area contributed by atoms with E-state index in [4.69, 9.17) is 4.74 Å². The maximum Gasteiger partial charge on any atom is 0.404 e. The fourth-order valence-electron chi connectivity index (χ4n) is 2.09. The summed E-state index contributed by atoms with van der Waals surface area (Å²) < 4.78 is 81.0. The number of hydrogen-bond donors (Lipinski definition) is 0. The molecule has 3 nitrogen and oxygen atoms in total.